The monoisotopic (exact) mass is 346 g/mol. The van der Waals surface area contributed by atoms with Crippen molar-refractivity contribution in [2.75, 3.05) is 12.5 Å². The van der Waals surface area contributed by atoms with Crippen molar-refractivity contribution in [1.29, 1.82) is 0 Å². The Morgan fingerprint density at radius 1 is 1.25 bits per heavy atom. The molecule has 3 aliphatic carbocycles. The van der Waals surface area contributed by atoms with Crippen LogP contribution in [0.3, 0.4) is 0 Å². The van der Waals surface area contributed by atoms with Crippen LogP contribution in [0.2, 0.25) is 0 Å². The van der Waals surface area contributed by atoms with E-state index in [1.54, 1.807) is 0 Å². The van der Waals surface area contributed by atoms with Crippen LogP contribution in [0.1, 0.15) is 62.5 Å². The highest BCUT2D eigenvalue weighted by molar-refractivity contribution is 6.17. The normalized spacial score (nSPS) is 34.4. The number of Topliss-reactive ketones (excluding diaryl/α,β-unsaturated/α-hetero) is 1. The van der Waals surface area contributed by atoms with Crippen molar-refractivity contribution in [3.63, 3.8) is 0 Å². The van der Waals surface area contributed by atoms with Crippen LogP contribution in [0.15, 0.2) is 18.2 Å². The van der Waals surface area contributed by atoms with Gasteiger partial charge in [-0.15, -0.1) is 11.6 Å². The van der Waals surface area contributed by atoms with Crippen LogP contribution in [-0.4, -0.2) is 18.3 Å². The molecule has 4 atom stereocenters. The lowest BCUT2D eigenvalue weighted by Gasteiger charge is -2.48. The van der Waals surface area contributed by atoms with Gasteiger partial charge < -0.3 is 4.74 Å². The molecule has 2 fully saturated rings. The van der Waals surface area contributed by atoms with E-state index in [9.17, 15) is 4.79 Å². The third-order valence-corrected chi connectivity index (χ3v) is 7.22. The zero-order valence-electron chi connectivity index (χ0n) is 14.5. The van der Waals surface area contributed by atoms with Gasteiger partial charge in [0, 0.05) is 17.7 Å². The summed E-state index contributed by atoms with van der Waals surface area (Å²) in [6, 6.07) is 6.66. The summed E-state index contributed by atoms with van der Waals surface area (Å²) in [6.45, 7) is 2.93. The van der Waals surface area contributed by atoms with Crippen molar-refractivity contribution < 1.29 is 9.53 Å². The van der Waals surface area contributed by atoms with E-state index >= 15 is 0 Å². The number of alkyl halides is 1. The Labute approximate surface area is 149 Å². The summed E-state index contributed by atoms with van der Waals surface area (Å²) in [5.41, 5.74) is 2.97. The van der Waals surface area contributed by atoms with Gasteiger partial charge in [0.1, 0.15) is 11.5 Å². The maximum absolute atomic E-state index is 12.4. The molecule has 2 nitrogen and oxygen atoms in total. The van der Waals surface area contributed by atoms with Crippen molar-refractivity contribution in [2.24, 2.45) is 17.3 Å². The summed E-state index contributed by atoms with van der Waals surface area (Å²) < 4.78 is 5.82. The summed E-state index contributed by atoms with van der Waals surface area (Å²) >= 11 is 5.72. The molecule has 130 valence electrons. The maximum atomic E-state index is 12.4. The SMILES string of the molecule is C[C@]12CC[C@@H]3c4ccc(OCCCCl)cc4CC[C@H]3[C@@H]1CCC2=O. The molecular weight excluding hydrogens is 320 g/mol. The molecule has 0 heterocycles. The Bertz CT molecular complexity index is 641. The zero-order valence-corrected chi connectivity index (χ0v) is 15.3. The fourth-order valence-electron chi connectivity index (χ4n) is 5.66. The minimum atomic E-state index is -0.0245. The van der Waals surface area contributed by atoms with Crippen LogP contribution in [0.5, 0.6) is 5.75 Å². The average molecular weight is 347 g/mol. The van der Waals surface area contributed by atoms with Gasteiger partial charge in [0.25, 0.3) is 0 Å². The molecule has 1 aromatic carbocycles. The predicted octanol–water partition coefficient (Wildman–Crippen LogP) is 5.12. The number of fused-ring (bicyclic) bond motifs is 5. The number of hydrogen-bond donors (Lipinski definition) is 0. The molecule has 0 radical (unpaired) electrons. The summed E-state index contributed by atoms with van der Waals surface area (Å²) in [7, 11) is 0. The second-order valence-corrected chi connectivity index (χ2v) is 8.46. The molecule has 3 heteroatoms. The van der Waals surface area contributed by atoms with E-state index in [2.05, 4.69) is 25.1 Å². The highest BCUT2D eigenvalue weighted by Gasteiger charge is 2.54. The van der Waals surface area contributed by atoms with E-state index in [0.717, 1.165) is 37.9 Å². The lowest BCUT2D eigenvalue weighted by Crippen LogP contribution is -2.42. The number of halogens is 1. The van der Waals surface area contributed by atoms with E-state index in [-0.39, 0.29) is 5.41 Å². The third-order valence-electron chi connectivity index (χ3n) is 6.95. The van der Waals surface area contributed by atoms with Gasteiger partial charge in [0.15, 0.2) is 0 Å². The van der Waals surface area contributed by atoms with Crippen molar-refractivity contribution in [1.82, 2.24) is 0 Å². The van der Waals surface area contributed by atoms with Gasteiger partial charge in [-0.1, -0.05) is 13.0 Å². The first-order valence-electron chi connectivity index (χ1n) is 9.48. The maximum Gasteiger partial charge on any atom is 0.139 e. The lowest BCUT2D eigenvalue weighted by atomic mass is 9.55. The summed E-state index contributed by atoms with van der Waals surface area (Å²) in [5.74, 6) is 4.11. The van der Waals surface area contributed by atoms with Gasteiger partial charge in [-0.3, -0.25) is 4.79 Å². The van der Waals surface area contributed by atoms with Crippen LogP contribution in [0.25, 0.3) is 0 Å². The molecule has 0 N–H and O–H groups in total. The molecule has 3 aliphatic rings. The molecule has 0 bridgehead atoms. The fraction of sp³-hybridized carbons (Fsp3) is 0.667. The minimum absolute atomic E-state index is 0.0245. The third kappa shape index (κ3) is 2.58. The van der Waals surface area contributed by atoms with Crippen LogP contribution in [0, 0.1) is 17.3 Å². The number of benzene rings is 1. The first-order chi connectivity index (χ1) is 11.6. The Morgan fingerprint density at radius 3 is 2.96 bits per heavy atom. The Balaban J connectivity index is 1.56. The molecular formula is C21H27ClO2. The second-order valence-electron chi connectivity index (χ2n) is 8.09. The molecule has 4 rings (SSSR count). The van der Waals surface area contributed by atoms with E-state index in [4.69, 9.17) is 16.3 Å². The Kier molecular flexibility index (Phi) is 4.36. The lowest BCUT2D eigenvalue weighted by molar-refractivity contribution is -0.129. The molecule has 24 heavy (non-hydrogen) atoms. The van der Waals surface area contributed by atoms with E-state index in [1.165, 1.54) is 24.0 Å². The largest absolute Gasteiger partial charge is 0.494 e. The van der Waals surface area contributed by atoms with Crippen molar-refractivity contribution in [2.45, 2.75) is 57.8 Å². The molecule has 1 aromatic rings. The van der Waals surface area contributed by atoms with Gasteiger partial charge in [-0.05, 0) is 79.5 Å². The van der Waals surface area contributed by atoms with Gasteiger partial charge in [-0.25, -0.2) is 0 Å². The van der Waals surface area contributed by atoms with Crippen LogP contribution in [-0.2, 0) is 11.2 Å². The van der Waals surface area contributed by atoms with Crippen molar-refractivity contribution >= 4 is 17.4 Å². The molecule has 0 aliphatic heterocycles. The van der Waals surface area contributed by atoms with Gasteiger partial charge in [0.2, 0.25) is 0 Å². The quantitative estimate of drug-likeness (QED) is 0.558. The average Bonchev–Trinajstić information content (AvgIpc) is 2.90. The number of ketones is 1. The van der Waals surface area contributed by atoms with E-state index in [1.807, 2.05) is 0 Å². The molecule has 0 unspecified atom stereocenters. The van der Waals surface area contributed by atoms with Crippen LogP contribution >= 0.6 is 11.6 Å². The number of carbonyl (C=O) groups is 1. The van der Waals surface area contributed by atoms with Gasteiger partial charge >= 0.3 is 0 Å². The molecule has 0 spiro atoms. The standard InChI is InChI=1S/C21H27ClO2/c1-21-10-9-17-16-6-4-15(24-12-2-11-22)13-14(16)3-5-18(17)19(21)7-8-20(21)23/h4,6,13,17-19H,2-3,5,7-12H2,1H3/t17-,18-,19+,21+/m1/s1. The molecule has 0 amide bonds. The highest BCUT2D eigenvalue weighted by atomic mass is 35.5. The smallest absolute Gasteiger partial charge is 0.139 e. The Morgan fingerprint density at radius 2 is 2.12 bits per heavy atom. The van der Waals surface area contributed by atoms with Crippen molar-refractivity contribution in [3.05, 3.63) is 29.3 Å². The second kappa shape index (κ2) is 6.37. The first kappa shape index (κ1) is 16.4. The van der Waals surface area contributed by atoms with Gasteiger partial charge in [-0.2, -0.15) is 0 Å². The molecule has 0 aromatic heterocycles. The van der Waals surface area contributed by atoms with Crippen molar-refractivity contribution in [3.8, 4) is 5.75 Å². The number of rotatable bonds is 4. The summed E-state index contributed by atoms with van der Waals surface area (Å²) in [4.78, 5) is 12.4. The van der Waals surface area contributed by atoms with E-state index < -0.39 is 0 Å². The van der Waals surface area contributed by atoms with Gasteiger partial charge in [0.05, 0.1) is 6.61 Å². The Hall–Kier alpha value is -1.02. The predicted molar refractivity (Wildman–Crippen MR) is 96.9 cm³/mol. The topological polar surface area (TPSA) is 26.3 Å². The summed E-state index contributed by atoms with van der Waals surface area (Å²) in [5, 5.41) is 0. The summed E-state index contributed by atoms with van der Waals surface area (Å²) in [6.07, 6.45) is 7.42. The molecule has 2 saturated carbocycles. The van der Waals surface area contributed by atoms with Crippen LogP contribution in [0.4, 0.5) is 0 Å². The zero-order chi connectivity index (χ0) is 16.7. The highest BCUT2D eigenvalue weighted by Crippen LogP contribution is 2.59. The number of hydrogen-bond acceptors (Lipinski definition) is 2. The van der Waals surface area contributed by atoms with E-state index in [0.29, 0.717) is 36.0 Å². The first-order valence-corrected chi connectivity index (χ1v) is 10.0. The number of aryl methyl sites for hydroxylation is 1. The minimum Gasteiger partial charge on any atom is -0.494 e. The van der Waals surface area contributed by atoms with Crippen LogP contribution < -0.4 is 4.74 Å². The molecule has 0 saturated heterocycles. The number of carbonyl (C=O) groups excluding carboxylic acids is 1. The fourth-order valence-corrected chi connectivity index (χ4v) is 5.77. The number of ether oxygens (including phenoxy) is 1.